The second-order valence-electron chi connectivity index (χ2n) is 7.60. The van der Waals surface area contributed by atoms with Crippen LogP contribution in [0.3, 0.4) is 0 Å². The predicted molar refractivity (Wildman–Crippen MR) is 117 cm³/mol. The molecule has 3 nitrogen and oxygen atoms in total. The Morgan fingerprint density at radius 3 is 2.71 bits per heavy atom. The van der Waals surface area contributed by atoms with Gasteiger partial charge < -0.3 is 5.32 Å². The van der Waals surface area contributed by atoms with Crippen molar-refractivity contribution in [1.29, 1.82) is 0 Å². The minimum Gasteiger partial charge on any atom is -0.326 e. The van der Waals surface area contributed by atoms with Crippen molar-refractivity contribution in [3.63, 3.8) is 0 Å². The molecule has 0 heterocycles. The molecule has 4 heteroatoms. The molecule has 4 rings (SSSR count). The van der Waals surface area contributed by atoms with Gasteiger partial charge in [-0.25, -0.2) is 0 Å². The smallest absolute Gasteiger partial charge is 0.225 e. The van der Waals surface area contributed by atoms with E-state index in [1.807, 2.05) is 25.1 Å². The molecule has 0 spiro atoms. The fourth-order valence-corrected chi connectivity index (χ4v) is 3.84. The summed E-state index contributed by atoms with van der Waals surface area (Å²) in [6, 6.07) is 21.2. The fourth-order valence-electron chi connectivity index (χ4n) is 3.67. The maximum atomic E-state index is 12.5. The molecule has 0 saturated heterocycles. The number of carbonyl (C=O) groups excluding carboxylic acids is 1. The molecule has 0 radical (unpaired) electrons. The van der Waals surface area contributed by atoms with Crippen LogP contribution in [0.1, 0.15) is 30.4 Å². The largest absolute Gasteiger partial charge is 0.326 e. The average molecular weight is 393 g/mol. The third-order valence-corrected chi connectivity index (χ3v) is 5.65. The van der Waals surface area contributed by atoms with Crippen LogP contribution in [0.4, 0.5) is 5.69 Å². The van der Waals surface area contributed by atoms with Crippen LogP contribution in [-0.2, 0) is 11.3 Å². The van der Waals surface area contributed by atoms with Gasteiger partial charge in [0, 0.05) is 36.3 Å². The van der Waals surface area contributed by atoms with Gasteiger partial charge in [0.05, 0.1) is 0 Å². The molecule has 1 aliphatic rings. The van der Waals surface area contributed by atoms with E-state index in [-0.39, 0.29) is 5.91 Å². The highest BCUT2D eigenvalue weighted by atomic mass is 35.5. The number of hydrogen-bond donors (Lipinski definition) is 1. The Labute approximate surface area is 171 Å². The number of fused-ring (bicyclic) bond motifs is 1. The predicted octanol–water partition coefficient (Wildman–Crippen LogP) is 5.79. The number of benzene rings is 3. The van der Waals surface area contributed by atoms with Gasteiger partial charge in [0.15, 0.2) is 0 Å². The molecular formula is C24H25ClN2O. The highest BCUT2D eigenvalue weighted by Crippen LogP contribution is 2.30. The van der Waals surface area contributed by atoms with Crippen LogP contribution in [0.15, 0.2) is 60.7 Å². The topological polar surface area (TPSA) is 32.3 Å². The molecule has 1 aliphatic carbocycles. The summed E-state index contributed by atoms with van der Waals surface area (Å²) in [6.45, 7) is 3.62. The monoisotopic (exact) mass is 392 g/mol. The lowest BCUT2D eigenvalue weighted by molar-refractivity contribution is -0.116. The van der Waals surface area contributed by atoms with Crippen LogP contribution in [0.5, 0.6) is 0 Å². The van der Waals surface area contributed by atoms with E-state index in [2.05, 4.69) is 52.7 Å². The Balaban J connectivity index is 1.41. The molecule has 0 unspecified atom stereocenters. The summed E-state index contributed by atoms with van der Waals surface area (Å²) in [5.41, 5.74) is 3.15. The summed E-state index contributed by atoms with van der Waals surface area (Å²) in [7, 11) is 0. The first-order valence-corrected chi connectivity index (χ1v) is 10.2. The van der Waals surface area contributed by atoms with E-state index < -0.39 is 0 Å². The van der Waals surface area contributed by atoms with E-state index in [0.29, 0.717) is 17.5 Å². The molecule has 1 N–H and O–H groups in total. The van der Waals surface area contributed by atoms with Crippen molar-refractivity contribution in [2.45, 2.75) is 38.8 Å². The van der Waals surface area contributed by atoms with Crippen LogP contribution >= 0.6 is 11.6 Å². The van der Waals surface area contributed by atoms with Gasteiger partial charge in [-0.15, -0.1) is 0 Å². The average Bonchev–Trinajstić information content (AvgIpc) is 3.53. The summed E-state index contributed by atoms with van der Waals surface area (Å²) in [5, 5.41) is 6.21. The third kappa shape index (κ3) is 4.54. The zero-order chi connectivity index (χ0) is 19.5. The van der Waals surface area contributed by atoms with Crippen molar-refractivity contribution in [2.24, 2.45) is 0 Å². The lowest BCUT2D eigenvalue weighted by Gasteiger charge is -2.23. The van der Waals surface area contributed by atoms with E-state index >= 15 is 0 Å². The van der Waals surface area contributed by atoms with Gasteiger partial charge in [-0.3, -0.25) is 9.69 Å². The summed E-state index contributed by atoms with van der Waals surface area (Å²) in [5.74, 6) is 0.0361. The first-order valence-electron chi connectivity index (χ1n) is 9.87. The van der Waals surface area contributed by atoms with Crippen molar-refractivity contribution in [1.82, 2.24) is 4.90 Å². The van der Waals surface area contributed by atoms with E-state index in [1.54, 1.807) is 0 Å². The van der Waals surface area contributed by atoms with Gasteiger partial charge in [0.1, 0.15) is 0 Å². The normalized spacial score (nSPS) is 13.8. The molecule has 144 valence electrons. The molecule has 1 fully saturated rings. The number of nitrogens with one attached hydrogen (secondary N) is 1. The van der Waals surface area contributed by atoms with Gasteiger partial charge in [0.25, 0.3) is 0 Å². The lowest BCUT2D eigenvalue weighted by Crippen LogP contribution is -2.29. The Morgan fingerprint density at radius 2 is 1.89 bits per heavy atom. The standard InChI is InChI=1S/C24H25ClN2O/c1-17-9-10-20(25)15-23(17)26-24(28)13-14-27(21-11-12-21)16-19-7-4-6-18-5-2-3-8-22(18)19/h2-10,15,21H,11-14,16H2,1H3,(H,26,28). The van der Waals surface area contributed by atoms with Crippen LogP contribution in [0.2, 0.25) is 5.02 Å². The highest BCUT2D eigenvalue weighted by molar-refractivity contribution is 6.31. The zero-order valence-electron chi connectivity index (χ0n) is 16.1. The van der Waals surface area contributed by atoms with Crippen molar-refractivity contribution >= 4 is 34.0 Å². The van der Waals surface area contributed by atoms with Crippen LogP contribution in [0.25, 0.3) is 10.8 Å². The second kappa shape index (κ2) is 8.34. The number of rotatable bonds is 7. The SMILES string of the molecule is Cc1ccc(Cl)cc1NC(=O)CCN(Cc1cccc2ccccc12)C1CC1. The number of hydrogen-bond acceptors (Lipinski definition) is 2. The van der Waals surface area contributed by atoms with Crippen LogP contribution < -0.4 is 5.32 Å². The molecule has 3 aromatic rings. The van der Waals surface area contributed by atoms with E-state index in [4.69, 9.17) is 11.6 Å². The quantitative estimate of drug-likeness (QED) is 0.551. The number of aryl methyl sites for hydroxylation is 1. The van der Waals surface area contributed by atoms with Gasteiger partial charge in [0.2, 0.25) is 5.91 Å². The summed E-state index contributed by atoms with van der Waals surface area (Å²) in [6.07, 6.45) is 2.92. The van der Waals surface area contributed by atoms with E-state index in [1.165, 1.54) is 29.2 Å². The molecule has 1 amide bonds. The van der Waals surface area contributed by atoms with Gasteiger partial charge in [-0.2, -0.15) is 0 Å². The van der Waals surface area contributed by atoms with Gasteiger partial charge >= 0.3 is 0 Å². The highest BCUT2D eigenvalue weighted by Gasteiger charge is 2.29. The molecule has 0 aliphatic heterocycles. The lowest BCUT2D eigenvalue weighted by atomic mass is 10.0. The van der Waals surface area contributed by atoms with Crippen LogP contribution in [0, 0.1) is 6.92 Å². The molecule has 1 saturated carbocycles. The molecule has 0 aromatic heterocycles. The van der Waals surface area contributed by atoms with Crippen molar-refractivity contribution in [3.8, 4) is 0 Å². The Hall–Kier alpha value is -2.36. The molecule has 3 aromatic carbocycles. The van der Waals surface area contributed by atoms with Crippen molar-refractivity contribution < 1.29 is 4.79 Å². The summed E-state index contributed by atoms with van der Waals surface area (Å²) < 4.78 is 0. The first-order chi connectivity index (χ1) is 13.6. The second-order valence-corrected chi connectivity index (χ2v) is 8.03. The van der Waals surface area contributed by atoms with Gasteiger partial charge in [-0.1, -0.05) is 60.1 Å². The Morgan fingerprint density at radius 1 is 1.11 bits per heavy atom. The Bertz CT molecular complexity index is 992. The molecular weight excluding hydrogens is 368 g/mol. The summed E-state index contributed by atoms with van der Waals surface area (Å²) in [4.78, 5) is 15.0. The number of nitrogens with zero attached hydrogens (tertiary/aromatic N) is 1. The van der Waals surface area contributed by atoms with E-state index in [0.717, 1.165) is 24.3 Å². The number of halogens is 1. The van der Waals surface area contributed by atoms with Gasteiger partial charge in [-0.05, 0) is 53.8 Å². The molecule has 0 bridgehead atoms. The minimum absolute atomic E-state index is 0.0361. The molecule has 0 atom stereocenters. The number of carbonyl (C=O) groups is 1. The minimum atomic E-state index is 0.0361. The van der Waals surface area contributed by atoms with Crippen LogP contribution in [-0.4, -0.2) is 23.4 Å². The first kappa shape index (κ1) is 19.0. The third-order valence-electron chi connectivity index (χ3n) is 5.42. The molecule has 28 heavy (non-hydrogen) atoms. The summed E-state index contributed by atoms with van der Waals surface area (Å²) >= 11 is 6.06. The van der Waals surface area contributed by atoms with Crippen molar-refractivity contribution in [3.05, 3.63) is 76.8 Å². The Kier molecular flexibility index (Phi) is 5.65. The van der Waals surface area contributed by atoms with Crippen molar-refractivity contribution in [2.75, 3.05) is 11.9 Å². The van der Waals surface area contributed by atoms with E-state index in [9.17, 15) is 4.79 Å². The fraction of sp³-hybridized carbons (Fsp3) is 0.292. The maximum Gasteiger partial charge on any atom is 0.225 e. The zero-order valence-corrected chi connectivity index (χ0v) is 16.9. The number of anilines is 1. The number of amides is 1. The maximum absolute atomic E-state index is 12.5.